The molecule has 0 bridgehead atoms. The van der Waals surface area contributed by atoms with Gasteiger partial charge in [-0.05, 0) is 34.1 Å². The zero-order valence-corrected chi connectivity index (χ0v) is 14.5. The quantitative estimate of drug-likeness (QED) is 0.603. The van der Waals surface area contributed by atoms with Crippen LogP contribution in [-0.2, 0) is 6.54 Å². The van der Waals surface area contributed by atoms with Crippen LogP contribution < -0.4 is 10.1 Å². The lowest BCUT2D eigenvalue weighted by molar-refractivity contribution is 0.412. The Morgan fingerprint density at radius 1 is 1.24 bits per heavy atom. The maximum absolute atomic E-state index is 6.45. The van der Waals surface area contributed by atoms with Crippen LogP contribution in [0, 0.1) is 0 Å². The Bertz CT molecular complexity index is 787. The van der Waals surface area contributed by atoms with Crippen molar-refractivity contribution in [2.24, 2.45) is 0 Å². The van der Waals surface area contributed by atoms with Crippen molar-refractivity contribution < 1.29 is 4.74 Å². The average Bonchev–Trinajstić information content (AvgIpc) is 2.83. The number of fused-ring (bicyclic) bond motifs is 1. The number of methoxy groups -OCH3 is 1. The molecule has 0 amide bonds. The molecule has 2 aromatic carbocycles. The molecule has 3 rings (SSSR count). The fraction of sp³-hybridized carbons (Fsp3) is 0.125. The molecule has 0 atom stereocenters. The minimum absolute atomic E-state index is 0.697. The second kappa shape index (κ2) is 6.26. The molecule has 3 aromatic rings. The molecule has 0 radical (unpaired) electrons. The van der Waals surface area contributed by atoms with Crippen molar-refractivity contribution in [3.8, 4) is 5.75 Å². The molecule has 5 heteroatoms. The highest BCUT2D eigenvalue weighted by molar-refractivity contribution is 9.10. The largest absolute Gasteiger partial charge is 0.495 e. The first-order valence-electron chi connectivity index (χ1n) is 6.42. The Morgan fingerprint density at radius 3 is 2.81 bits per heavy atom. The topological polar surface area (TPSA) is 21.3 Å². The molecular formula is C16H13BrClNOS. The summed E-state index contributed by atoms with van der Waals surface area (Å²) < 4.78 is 7.45. The van der Waals surface area contributed by atoms with E-state index in [9.17, 15) is 0 Å². The SMILES string of the molecule is COc1cc(NCc2sc3ccccc3c2Cl)ccc1Br. The Labute approximate surface area is 140 Å². The van der Waals surface area contributed by atoms with Crippen LogP contribution in [0.25, 0.3) is 10.1 Å². The van der Waals surface area contributed by atoms with Gasteiger partial charge in [0.25, 0.3) is 0 Å². The fourth-order valence-electron chi connectivity index (χ4n) is 2.13. The van der Waals surface area contributed by atoms with Gasteiger partial charge >= 0.3 is 0 Å². The van der Waals surface area contributed by atoms with Gasteiger partial charge in [0.1, 0.15) is 5.75 Å². The van der Waals surface area contributed by atoms with Crippen LogP contribution in [0.3, 0.4) is 0 Å². The lowest BCUT2D eigenvalue weighted by Crippen LogP contribution is -1.98. The molecule has 21 heavy (non-hydrogen) atoms. The van der Waals surface area contributed by atoms with Crippen molar-refractivity contribution in [1.82, 2.24) is 0 Å². The molecule has 0 saturated carbocycles. The van der Waals surface area contributed by atoms with Crippen LogP contribution >= 0.6 is 38.9 Å². The highest BCUT2D eigenvalue weighted by atomic mass is 79.9. The molecule has 1 N–H and O–H groups in total. The lowest BCUT2D eigenvalue weighted by atomic mass is 10.2. The van der Waals surface area contributed by atoms with Crippen LogP contribution in [0.1, 0.15) is 4.88 Å². The first kappa shape index (κ1) is 14.7. The molecular weight excluding hydrogens is 370 g/mol. The third-order valence-electron chi connectivity index (χ3n) is 3.21. The number of hydrogen-bond acceptors (Lipinski definition) is 3. The Morgan fingerprint density at radius 2 is 2.05 bits per heavy atom. The van der Waals surface area contributed by atoms with E-state index in [1.807, 2.05) is 30.3 Å². The summed E-state index contributed by atoms with van der Waals surface area (Å²) >= 11 is 11.6. The highest BCUT2D eigenvalue weighted by Gasteiger charge is 2.09. The summed E-state index contributed by atoms with van der Waals surface area (Å²) in [5, 5.41) is 5.35. The van der Waals surface area contributed by atoms with Crippen LogP contribution in [0.5, 0.6) is 5.75 Å². The van der Waals surface area contributed by atoms with E-state index in [1.54, 1.807) is 18.4 Å². The van der Waals surface area contributed by atoms with E-state index < -0.39 is 0 Å². The van der Waals surface area contributed by atoms with Gasteiger partial charge in [-0.2, -0.15) is 0 Å². The average molecular weight is 383 g/mol. The van der Waals surface area contributed by atoms with Gasteiger partial charge in [-0.3, -0.25) is 0 Å². The number of benzene rings is 2. The monoisotopic (exact) mass is 381 g/mol. The van der Waals surface area contributed by atoms with Crippen LogP contribution in [0.15, 0.2) is 46.9 Å². The Hall–Kier alpha value is -1.23. The van der Waals surface area contributed by atoms with Crippen molar-refractivity contribution in [2.45, 2.75) is 6.54 Å². The van der Waals surface area contributed by atoms with E-state index in [2.05, 4.69) is 33.4 Å². The number of anilines is 1. The molecule has 108 valence electrons. The summed E-state index contributed by atoms with van der Waals surface area (Å²) in [6.45, 7) is 0.697. The first-order chi connectivity index (χ1) is 10.2. The number of nitrogens with one attached hydrogen (secondary N) is 1. The summed E-state index contributed by atoms with van der Waals surface area (Å²) in [5.41, 5.74) is 1.00. The number of rotatable bonds is 4. The van der Waals surface area contributed by atoms with E-state index in [0.29, 0.717) is 6.54 Å². The molecule has 0 aliphatic carbocycles. The zero-order valence-electron chi connectivity index (χ0n) is 11.3. The molecule has 0 spiro atoms. The molecule has 1 aromatic heterocycles. The van der Waals surface area contributed by atoms with Crippen molar-refractivity contribution >= 4 is 54.6 Å². The molecule has 2 nitrogen and oxygen atoms in total. The molecule has 0 unspecified atom stereocenters. The van der Waals surface area contributed by atoms with Crippen molar-refractivity contribution in [1.29, 1.82) is 0 Å². The van der Waals surface area contributed by atoms with Gasteiger partial charge in [0.05, 0.1) is 23.1 Å². The predicted octanol–water partition coefficient (Wildman–Crippen LogP) is 5.94. The lowest BCUT2D eigenvalue weighted by Gasteiger charge is -2.09. The van der Waals surface area contributed by atoms with E-state index in [4.69, 9.17) is 16.3 Å². The maximum Gasteiger partial charge on any atom is 0.135 e. The molecule has 1 heterocycles. The zero-order chi connectivity index (χ0) is 14.8. The minimum atomic E-state index is 0.697. The van der Waals surface area contributed by atoms with Gasteiger partial charge in [0.2, 0.25) is 0 Å². The van der Waals surface area contributed by atoms with Gasteiger partial charge in [-0.15, -0.1) is 11.3 Å². The van der Waals surface area contributed by atoms with Crippen molar-refractivity contribution in [2.75, 3.05) is 12.4 Å². The summed E-state index contributed by atoms with van der Waals surface area (Å²) in [5.74, 6) is 0.808. The molecule has 0 fully saturated rings. The molecule has 0 saturated heterocycles. The normalized spacial score (nSPS) is 10.8. The Balaban J connectivity index is 1.82. The second-order valence-electron chi connectivity index (χ2n) is 4.54. The van der Waals surface area contributed by atoms with Crippen LogP contribution in [0.2, 0.25) is 5.02 Å². The molecule has 0 aliphatic rings. The summed E-state index contributed by atoms with van der Waals surface area (Å²) in [6.07, 6.45) is 0. The van der Waals surface area contributed by atoms with Crippen LogP contribution in [-0.4, -0.2) is 7.11 Å². The van der Waals surface area contributed by atoms with Gasteiger partial charge in [0.15, 0.2) is 0 Å². The second-order valence-corrected chi connectivity index (χ2v) is 6.91. The highest BCUT2D eigenvalue weighted by Crippen LogP contribution is 2.36. The number of thiophene rings is 1. The third-order valence-corrected chi connectivity index (χ3v) is 5.58. The van der Waals surface area contributed by atoms with Gasteiger partial charge in [-0.1, -0.05) is 29.8 Å². The van der Waals surface area contributed by atoms with E-state index in [0.717, 1.165) is 31.2 Å². The Kier molecular flexibility index (Phi) is 4.38. The standard InChI is InChI=1S/C16H13BrClNOS/c1-20-13-8-10(6-7-12(13)17)19-9-15-16(18)11-4-2-3-5-14(11)21-15/h2-8,19H,9H2,1H3. The third kappa shape index (κ3) is 3.03. The van der Waals surface area contributed by atoms with E-state index in [-0.39, 0.29) is 0 Å². The van der Waals surface area contributed by atoms with Crippen molar-refractivity contribution in [3.05, 3.63) is 56.8 Å². The number of ether oxygens (including phenoxy) is 1. The minimum Gasteiger partial charge on any atom is -0.495 e. The van der Waals surface area contributed by atoms with Gasteiger partial charge in [0, 0.05) is 26.7 Å². The van der Waals surface area contributed by atoms with Crippen molar-refractivity contribution in [3.63, 3.8) is 0 Å². The van der Waals surface area contributed by atoms with E-state index in [1.165, 1.54) is 4.70 Å². The van der Waals surface area contributed by atoms with Gasteiger partial charge < -0.3 is 10.1 Å². The summed E-state index contributed by atoms with van der Waals surface area (Å²) in [6, 6.07) is 14.1. The predicted molar refractivity (Wildman–Crippen MR) is 94.9 cm³/mol. The number of hydrogen-bond donors (Lipinski definition) is 1. The number of halogens is 2. The summed E-state index contributed by atoms with van der Waals surface area (Å²) in [4.78, 5) is 1.14. The van der Waals surface area contributed by atoms with Crippen LogP contribution in [0.4, 0.5) is 5.69 Å². The maximum atomic E-state index is 6.45. The fourth-order valence-corrected chi connectivity index (χ4v) is 3.98. The molecule has 0 aliphatic heterocycles. The summed E-state index contributed by atoms with van der Waals surface area (Å²) in [7, 11) is 1.66. The smallest absolute Gasteiger partial charge is 0.135 e. The van der Waals surface area contributed by atoms with E-state index >= 15 is 0 Å². The first-order valence-corrected chi connectivity index (χ1v) is 8.41. The van der Waals surface area contributed by atoms with Gasteiger partial charge in [-0.25, -0.2) is 0 Å².